The average Bonchev–Trinajstić information content (AvgIpc) is 3.00. The van der Waals surface area contributed by atoms with Crippen LogP contribution in [0.15, 0.2) is 42.6 Å². The molecule has 0 radical (unpaired) electrons. The van der Waals surface area contributed by atoms with Crippen LogP contribution in [0.4, 0.5) is 30.2 Å². The Morgan fingerprint density at radius 1 is 1.24 bits per heavy atom. The molecule has 0 atom stereocenters. The van der Waals surface area contributed by atoms with Crippen molar-refractivity contribution < 1.29 is 22.7 Å². The van der Waals surface area contributed by atoms with Crippen molar-refractivity contribution in [2.75, 3.05) is 42.8 Å². The summed E-state index contributed by atoms with van der Waals surface area (Å²) in [6, 6.07) is 9.50. The quantitative estimate of drug-likeness (QED) is 0.695. The van der Waals surface area contributed by atoms with E-state index in [0.29, 0.717) is 24.4 Å². The first-order valence-electron chi connectivity index (χ1n) is 9.01. The van der Waals surface area contributed by atoms with Gasteiger partial charge in [0.1, 0.15) is 0 Å². The largest absolute Gasteiger partial charge is 0.418 e. The zero-order valence-electron chi connectivity index (χ0n) is 16.4. The number of benzene rings is 2. The first kappa shape index (κ1) is 20.7. The smallest absolute Gasteiger partial charge is 0.383 e. The van der Waals surface area contributed by atoms with Crippen LogP contribution in [0.5, 0.6) is 0 Å². The molecule has 2 aromatic rings. The molecule has 2 N–H and O–H groups in total. The first-order chi connectivity index (χ1) is 13.7. The van der Waals surface area contributed by atoms with Crippen molar-refractivity contribution in [1.29, 1.82) is 0 Å². The van der Waals surface area contributed by atoms with Gasteiger partial charge in [0.05, 0.1) is 17.7 Å². The minimum Gasteiger partial charge on any atom is -0.383 e. The number of carbonyl (C=O) groups excluding carboxylic acids is 1. The van der Waals surface area contributed by atoms with Crippen LogP contribution >= 0.6 is 0 Å². The van der Waals surface area contributed by atoms with Crippen LogP contribution in [-0.2, 0) is 15.7 Å². The van der Waals surface area contributed by atoms with Crippen LogP contribution in [0, 0.1) is 6.92 Å². The minimum atomic E-state index is -4.52. The fourth-order valence-corrected chi connectivity index (χ4v) is 3.26. The monoisotopic (exact) mass is 405 g/mol. The van der Waals surface area contributed by atoms with Gasteiger partial charge in [-0.05, 0) is 36.8 Å². The highest BCUT2D eigenvalue weighted by molar-refractivity contribution is 6.32. The van der Waals surface area contributed by atoms with Gasteiger partial charge in [0, 0.05) is 49.5 Å². The van der Waals surface area contributed by atoms with E-state index in [-0.39, 0.29) is 17.3 Å². The average molecular weight is 405 g/mol. The number of hydrogen-bond donors (Lipinski definition) is 2. The van der Waals surface area contributed by atoms with Gasteiger partial charge >= 0.3 is 6.18 Å². The molecule has 1 heterocycles. The van der Waals surface area contributed by atoms with Gasteiger partial charge in [-0.15, -0.1) is 0 Å². The Bertz CT molecular complexity index is 955. The van der Waals surface area contributed by atoms with E-state index in [1.54, 1.807) is 19.2 Å². The second-order valence-electron chi connectivity index (χ2n) is 6.80. The number of hydrogen-bond acceptors (Lipinski definition) is 4. The minimum absolute atomic E-state index is 0.0625. The summed E-state index contributed by atoms with van der Waals surface area (Å²) in [6.07, 6.45) is -3.08. The molecule has 5 nitrogen and oxygen atoms in total. The molecule has 3 rings (SSSR count). The molecule has 1 amide bonds. The van der Waals surface area contributed by atoms with Crippen LogP contribution in [-0.4, -0.2) is 33.2 Å². The number of ether oxygens (including phenoxy) is 1. The van der Waals surface area contributed by atoms with E-state index in [0.717, 1.165) is 17.2 Å². The van der Waals surface area contributed by atoms with Crippen LogP contribution in [0.1, 0.15) is 16.7 Å². The van der Waals surface area contributed by atoms with E-state index in [4.69, 9.17) is 4.74 Å². The van der Waals surface area contributed by atoms with Gasteiger partial charge in [0.15, 0.2) is 0 Å². The Labute approximate surface area is 167 Å². The summed E-state index contributed by atoms with van der Waals surface area (Å²) in [6.45, 7) is 2.51. The molecule has 1 aliphatic rings. The number of methoxy groups -OCH3 is 1. The third-order valence-electron chi connectivity index (χ3n) is 4.76. The highest BCUT2D eigenvalue weighted by atomic mass is 19.4. The lowest BCUT2D eigenvalue weighted by Crippen LogP contribution is -2.25. The summed E-state index contributed by atoms with van der Waals surface area (Å²) in [5.74, 6) is -0.297. The molecule has 0 bridgehead atoms. The topological polar surface area (TPSA) is 53.6 Å². The molecule has 2 aromatic carbocycles. The van der Waals surface area contributed by atoms with Crippen LogP contribution in [0.2, 0.25) is 0 Å². The number of halogens is 3. The molecule has 1 aliphatic heterocycles. The molecule has 154 valence electrons. The molecule has 0 spiro atoms. The summed E-state index contributed by atoms with van der Waals surface area (Å²) in [5.41, 5.74) is 2.27. The molecule has 8 heteroatoms. The van der Waals surface area contributed by atoms with Gasteiger partial charge in [-0.25, -0.2) is 0 Å². The zero-order valence-corrected chi connectivity index (χ0v) is 16.4. The lowest BCUT2D eigenvalue weighted by molar-refractivity contribution is -0.137. The second kappa shape index (κ2) is 8.16. The molecular weight excluding hydrogens is 383 g/mol. The number of nitrogens with one attached hydrogen (secondary N) is 2. The predicted octanol–water partition coefficient (Wildman–Crippen LogP) is 4.50. The summed E-state index contributed by atoms with van der Waals surface area (Å²) >= 11 is 0. The molecule has 0 aliphatic carbocycles. The Morgan fingerprint density at radius 2 is 2.00 bits per heavy atom. The van der Waals surface area contributed by atoms with Crippen molar-refractivity contribution in [3.63, 3.8) is 0 Å². The number of likely N-dealkylation sites (N-methyl/N-ethyl adjacent to an activating group) is 1. The molecule has 0 unspecified atom stereocenters. The lowest BCUT2D eigenvalue weighted by atomic mass is 10.0. The number of carbonyl (C=O) groups is 1. The van der Waals surface area contributed by atoms with E-state index >= 15 is 0 Å². The molecule has 29 heavy (non-hydrogen) atoms. The lowest BCUT2D eigenvalue weighted by Gasteiger charge is -2.24. The van der Waals surface area contributed by atoms with E-state index < -0.39 is 11.7 Å². The van der Waals surface area contributed by atoms with Crippen LogP contribution in [0.3, 0.4) is 0 Å². The Balaban J connectivity index is 1.91. The Hall–Kier alpha value is -3.00. The maximum Gasteiger partial charge on any atom is 0.418 e. The van der Waals surface area contributed by atoms with Gasteiger partial charge in [-0.3, -0.25) is 4.79 Å². The third-order valence-corrected chi connectivity index (χ3v) is 4.76. The normalized spacial score (nSPS) is 14.7. The highest BCUT2D eigenvalue weighted by Gasteiger charge is 2.35. The molecule has 0 saturated heterocycles. The van der Waals surface area contributed by atoms with E-state index in [2.05, 4.69) is 10.6 Å². The number of nitrogens with zero attached hydrogens (tertiary/aromatic N) is 1. The van der Waals surface area contributed by atoms with E-state index in [1.165, 1.54) is 24.3 Å². The molecular formula is C21H22F3N3O2. The molecule has 0 aromatic heterocycles. The van der Waals surface area contributed by atoms with Gasteiger partial charge in [0.2, 0.25) is 0 Å². The van der Waals surface area contributed by atoms with Crippen molar-refractivity contribution in [1.82, 2.24) is 0 Å². The van der Waals surface area contributed by atoms with Crippen molar-refractivity contribution in [2.24, 2.45) is 0 Å². The van der Waals surface area contributed by atoms with E-state index in [1.807, 2.05) is 19.1 Å². The third kappa shape index (κ3) is 4.37. The van der Waals surface area contributed by atoms with Crippen LogP contribution in [0.25, 0.3) is 5.57 Å². The van der Waals surface area contributed by atoms with E-state index in [9.17, 15) is 18.0 Å². The van der Waals surface area contributed by atoms with Gasteiger partial charge in [-0.1, -0.05) is 12.1 Å². The van der Waals surface area contributed by atoms with Gasteiger partial charge in [0.25, 0.3) is 5.91 Å². The Kier molecular flexibility index (Phi) is 5.83. The number of fused-ring (bicyclic) bond motifs is 1. The SMILES string of the molecule is COCCN(C)c1ccc(N/C=C2/C(=O)Nc3cccc(C)c32)cc1C(F)(F)F. The van der Waals surface area contributed by atoms with Crippen molar-refractivity contribution in [3.8, 4) is 0 Å². The number of aryl methyl sites for hydroxylation is 1. The van der Waals surface area contributed by atoms with Gasteiger partial charge in [-0.2, -0.15) is 13.2 Å². The van der Waals surface area contributed by atoms with Crippen LogP contribution < -0.4 is 15.5 Å². The molecule has 0 saturated carbocycles. The number of anilines is 3. The Morgan fingerprint density at radius 3 is 2.69 bits per heavy atom. The summed E-state index contributed by atoms with van der Waals surface area (Å²) in [4.78, 5) is 13.8. The highest BCUT2D eigenvalue weighted by Crippen LogP contribution is 2.38. The maximum absolute atomic E-state index is 13.6. The fraction of sp³-hybridized carbons (Fsp3) is 0.286. The van der Waals surface area contributed by atoms with Crippen molar-refractivity contribution in [2.45, 2.75) is 13.1 Å². The van der Waals surface area contributed by atoms with Crippen molar-refractivity contribution in [3.05, 3.63) is 59.3 Å². The molecule has 0 fully saturated rings. The first-order valence-corrected chi connectivity index (χ1v) is 9.01. The standard InChI is InChI=1S/C21H22F3N3O2/c1-13-5-4-6-17-19(13)15(20(28)26-17)12-25-14-7-8-18(27(2)9-10-29-3)16(11-14)21(22,23)24/h4-8,11-12,25H,9-10H2,1-3H3,(H,26,28)/b15-12+. The van der Waals surface area contributed by atoms with Crippen molar-refractivity contribution >= 4 is 28.5 Å². The zero-order chi connectivity index (χ0) is 21.2. The predicted molar refractivity (Wildman–Crippen MR) is 108 cm³/mol. The summed E-state index contributed by atoms with van der Waals surface area (Å²) in [7, 11) is 3.08. The summed E-state index contributed by atoms with van der Waals surface area (Å²) < 4.78 is 45.7. The number of amides is 1. The fourth-order valence-electron chi connectivity index (χ4n) is 3.26. The summed E-state index contributed by atoms with van der Waals surface area (Å²) in [5, 5.41) is 5.60. The number of alkyl halides is 3. The maximum atomic E-state index is 13.6. The second-order valence-corrected chi connectivity index (χ2v) is 6.80. The number of rotatable bonds is 6. The van der Waals surface area contributed by atoms with Gasteiger partial charge < -0.3 is 20.3 Å².